The Balaban J connectivity index is 2.32. The molecule has 5 heteroatoms. The molecule has 4 nitrogen and oxygen atoms in total. The van der Waals surface area contributed by atoms with Crippen molar-refractivity contribution in [1.82, 2.24) is 5.32 Å². The molecule has 0 atom stereocenters. The minimum atomic E-state index is -0.759. The number of allylic oxidation sites excluding steroid dienone is 2. The summed E-state index contributed by atoms with van der Waals surface area (Å²) >= 11 is 0. The maximum atomic E-state index is 13.5. The molecule has 1 amide bonds. The minimum absolute atomic E-state index is 0.0613. The second kappa shape index (κ2) is 9.87. The van der Waals surface area contributed by atoms with Crippen molar-refractivity contribution in [2.75, 3.05) is 7.11 Å². The molecule has 0 heterocycles. The predicted octanol–water partition coefficient (Wildman–Crippen LogP) is 3.93. The van der Waals surface area contributed by atoms with Crippen molar-refractivity contribution >= 4 is 5.91 Å². The molecule has 0 spiro atoms. The average molecular weight is 323 g/mol. The van der Waals surface area contributed by atoms with Gasteiger partial charge in [-0.2, -0.15) is 0 Å². The van der Waals surface area contributed by atoms with Gasteiger partial charge in [0.15, 0.2) is 17.3 Å². The van der Waals surface area contributed by atoms with Gasteiger partial charge in [0.25, 0.3) is 0 Å². The van der Waals surface area contributed by atoms with Crippen molar-refractivity contribution in [3.8, 4) is 11.5 Å². The van der Waals surface area contributed by atoms with Crippen LogP contribution in [0.25, 0.3) is 0 Å². The molecule has 128 valence electrons. The van der Waals surface area contributed by atoms with Crippen LogP contribution >= 0.6 is 0 Å². The zero-order valence-electron chi connectivity index (χ0n) is 14.1. The fraction of sp³-hybridized carbons (Fsp3) is 0.500. The highest BCUT2D eigenvalue weighted by Crippen LogP contribution is 2.29. The zero-order valence-corrected chi connectivity index (χ0v) is 14.1. The van der Waals surface area contributed by atoms with Crippen molar-refractivity contribution < 1.29 is 19.0 Å². The summed E-state index contributed by atoms with van der Waals surface area (Å²) in [5, 5.41) is 12.2. The third-order valence-corrected chi connectivity index (χ3v) is 3.34. The molecule has 0 saturated heterocycles. The summed E-state index contributed by atoms with van der Waals surface area (Å²) in [6.07, 6.45) is 7.53. The lowest BCUT2D eigenvalue weighted by Crippen LogP contribution is -2.22. The Hall–Kier alpha value is -2.04. The largest absolute Gasteiger partial charge is 0.502 e. The third-order valence-electron chi connectivity index (χ3n) is 3.34. The summed E-state index contributed by atoms with van der Waals surface area (Å²) in [7, 11) is 1.35. The highest BCUT2D eigenvalue weighted by molar-refractivity contribution is 5.75. The number of phenols is 1. The first-order valence-electron chi connectivity index (χ1n) is 7.92. The Labute approximate surface area is 137 Å². The van der Waals surface area contributed by atoms with Crippen molar-refractivity contribution in [2.24, 2.45) is 5.92 Å². The van der Waals surface area contributed by atoms with Gasteiger partial charge in [-0.05, 0) is 42.9 Å². The van der Waals surface area contributed by atoms with E-state index in [1.54, 1.807) is 0 Å². The van der Waals surface area contributed by atoms with E-state index >= 15 is 0 Å². The van der Waals surface area contributed by atoms with Gasteiger partial charge in [0.1, 0.15) is 0 Å². The number of aromatic hydroxyl groups is 1. The molecule has 23 heavy (non-hydrogen) atoms. The van der Waals surface area contributed by atoms with Crippen LogP contribution in [0.2, 0.25) is 0 Å². The highest BCUT2D eigenvalue weighted by atomic mass is 19.1. The normalized spacial score (nSPS) is 11.2. The first-order chi connectivity index (χ1) is 10.9. The standard InChI is InChI=1S/C18H26FNO3/c1-13(2)8-6-4-5-7-9-17(21)20-12-14-10-15(19)18(22)16(11-14)23-3/h6,8,10-11,13,22H,4-5,7,9,12H2,1-3H3,(H,20,21)/b8-6+. The van der Waals surface area contributed by atoms with Gasteiger partial charge in [-0.1, -0.05) is 26.0 Å². The number of methoxy groups -OCH3 is 1. The van der Waals surface area contributed by atoms with Crippen LogP contribution in [0.4, 0.5) is 4.39 Å². The van der Waals surface area contributed by atoms with Crippen LogP contribution in [-0.4, -0.2) is 18.1 Å². The van der Waals surface area contributed by atoms with Gasteiger partial charge in [-0.3, -0.25) is 4.79 Å². The molecule has 0 fully saturated rings. The molecule has 1 aromatic rings. The Morgan fingerprint density at radius 1 is 1.39 bits per heavy atom. The van der Waals surface area contributed by atoms with Crippen LogP contribution in [0.15, 0.2) is 24.3 Å². The van der Waals surface area contributed by atoms with Crippen LogP contribution in [0.3, 0.4) is 0 Å². The van der Waals surface area contributed by atoms with E-state index in [0.29, 0.717) is 17.9 Å². The van der Waals surface area contributed by atoms with Crippen LogP contribution in [0.1, 0.15) is 45.1 Å². The molecular weight excluding hydrogens is 297 g/mol. The van der Waals surface area contributed by atoms with E-state index in [0.717, 1.165) is 19.3 Å². The molecule has 0 aliphatic carbocycles. The summed E-state index contributed by atoms with van der Waals surface area (Å²) in [5.41, 5.74) is 0.547. The fourth-order valence-electron chi connectivity index (χ4n) is 2.09. The van der Waals surface area contributed by atoms with Crippen molar-refractivity contribution in [3.05, 3.63) is 35.7 Å². The monoisotopic (exact) mass is 323 g/mol. The zero-order chi connectivity index (χ0) is 17.2. The number of nitrogens with one attached hydrogen (secondary N) is 1. The molecule has 0 unspecified atom stereocenters. The predicted molar refractivity (Wildman–Crippen MR) is 88.9 cm³/mol. The Morgan fingerprint density at radius 2 is 2.13 bits per heavy atom. The van der Waals surface area contributed by atoms with E-state index in [1.165, 1.54) is 19.2 Å². The number of halogens is 1. The smallest absolute Gasteiger partial charge is 0.220 e. The number of carbonyl (C=O) groups excluding carboxylic acids is 1. The number of hydrogen-bond acceptors (Lipinski definition) is 3. The fourth-order valence-corrected chi connectivity index (χ4v) is 2.09. The Bertz CT molecular complexity index is 541. The molecule has 0 saturated carbocycles. The SMILES string of the molecule is COc1cc(CNC(=O)CCCC/C=C/C(C)C)cc(F)c1O. The molecule has 0 radical (unpaired) electrons. The lowest BCUT2D eigenvalue weighted by atomic mass is 10.1. The number of unbranched alkanes of at least 4 members (excludes halogenated alkanes) is 2. The molecule has 0 aromatic heterocycles. The van der Waals surface area contributed by atoms with Crippen LogP contribution < -0.4 is 10.1 Å². The Kier molecular flexibility index (Phi) is 8.16. The van der Waals surface area contributed by atoms with Crippen molar-refractivity contribution in [2.45, 2.75) is 46.1 Å². The number of rotatable bonds is 9. The molecule has 0 aliphatic heterocycles. The third kappa shape index (κ3) is 7.17. The van der Waals surface area contributed by atoms with Crippen molar-refractivity contribution in [1.29, 1.82) is 0 Å². The molecule has 0 bridgehead atoms. The van der Waals surface area contributed by atoms with E-state index in [4.69, 9.17) is 4.74 Å². The molecule has 0 aliphatic rings. The minimum Gasteiger partial charge on any atom is -0.502 e. The number of carbonyl (C=O) groups is 1. The van der Waals surface area contributed by atoms with Gasteiger partial charge >= 0.3 is 0 Å². The summed E-state index contributed by atoms with van der Waals surface area (Å²) in [6.45, 7) is 4.47. The summed E-state index contributed by atoms with van der Waals surface area (Å²) < 4.78 is 18.4. The van der Waals surface area contributed by atoms with E-state index in [9.17, 15) is 14.3 Å². The van der Waals surface area contributed by atoms with E-state index in [2.05, 4.69) is 31.3 Å². The lowest BCUT2D eigenvalue weighted by molar-refractivity contribution is -0.121. The van der Waals surface area contributed by atoms with Gasteiger partial charge in [0.2, 0.25) is 5.91 Å². The molecule has 2 N–H and O–H groups in total. The molecule has 1 rings (SSSR count). The van der Waals surface area contributed by atoms with E-state index < -0.39 is 11.6 Å². The maximum absolute atomic E-state index is 13.5. The topological polar surface area (TPSA) is 58.6 Å². The Morgan fingerprint density at radius 3 is 2.78 bits per heavy atom. The quantitative estimate of drug-likeness (QED) is 0.535. The summed E-state index contributed by atoms with van der Waals surface area (Å²) in [5.74, 6) is -0.722. The molecular formula is C18H26FNO3. The highest BCUT2D eigenvalue weighted by Gasteiger charge is 2.10. The second-order valence-corrected chi connectivity index (χ2v) is 5.82. The van der Waals surface area contributed by atoms with Crippen LogP contribution in [0.5, 0.6) is 11.5 Å². The van der Waals surface area contributed by atoms with Gasteiger partial charge in [0.05, 0.1) is 7.11 Å². The number of amides is 1. The number of benzene rings is 1. The van der Waals surface area contributed by atoms with Gasteiger partial charge in [-0.25, -0.2) is 4.39 Å². The van der Waals surface area contributed by atoms with E-state index in [-0.39, 0.29) is 18.2 Å². The van der Waals surface area contributed by atoms with E-state index in [1.807, 2.05) is 0 Å². The molecule has 1 aromatic carbocycles. The maximum Gasteiger partial charge on any atom is 0.220 e. The van der Waals surface area contributed by atoms with Gasteiger partial charge in [0, 0.05) is 13.0 Å². The van der Waals surface area contributed by atoms with Crippen LogP contribution in [-0.2, 0) is 11.3 Å². The van der Waals surface area contributed by atoms with Gasteiger partial charge in [-0.15, -0.1) is 0 Å². The van der Waals surface area contributed by atoms with Crippen LogP contribution in [0, 0.1) is 11.7 Å². The first-order valence-corrected chi connectivity index (χ1v) is 7.92. The summed E-state index contributed by atoms with van der Waals surface area (Å²) in [6, 6.07) is 2.70. The second-order valence-electron chi connectivity index (χ2n) is 5.82. The number of ether oxygens (including phenoxy) is 1. The average Bonchev–Trinajstić information content (AvgIpc) is 2.51. The number of phenolic OH excluding ortho intramolecular Hbond substituents is 1. The summed E-state index contributed by atoms with van der Waals surface area (Å²) in [4.78, 5) is 11.8. The number of hydrogen-bond donors (Lipinski definition) is 2. The first kappa shape index (κ1) is 19.0. The lowest BCUT2D eigenvalue weighted by Gasteiger charge is -2.09. The van der Waals surface area contributed by atoms with Gasteiger partial charge < -0.3 is 15.2 Å². The van der Waals surface area contributed by atoms with Crippen molar-refractivity contribution in [3.63, 3.8) is 0 Å².